The van der Waals surface area contributed by atoms with Crippen LogP contribution in [0.15, 0.2) is 30.3 Å². The average molecular weight is 339 g/mol. The summed E-state index contributed by atoms with van der Waals surface area (Å²) in [6, 6.07) is 4.35. The Balaban J connectivity index is 2.45. The van der Waals surface area contributed by atoms with Crippen LogP contribution in [-0.4, -0.2) is 7.11 Å². The topological polar surface area (TPSA) is 18.5 Å². The van der Waals surface area contributed by atoms with E-state index in [0.29, 0.717) is 0 Å². The summed E-state index contributed by atoms with van der Waals surface area (Å²) in [5, 5.41) is 0.198. The highest BCUT2D eigenvalue weighted by Gasteiger charge is 2.33. The van der Waals surface area contributed by atoms with E-state index in [1.807, 2.05) is 0 Å². The monoisotopic (exact) mass is 338 g/mol. The molecular weight excluding hydrogens is 331 g/mol. The molecule has 0 saturated heterocycles. The fourth-order valence-corrected chi connectivity index (χ4v) is 1.82. The van der Waals surface area contributed by atoms with Gasteiger partial charge in [-0.2, -0.15) is 13.2 Å². The molecule has 0 aliphatic heterocycles. The molecule has 0 unspecified atom stereocenters. The van der Waals surface area contributed by atoms with E-state index in [-0.39, 0.29) is 28.7 Å². The molecule has 0 spiro atoms. The van der Waals surface area contributed by atoms with Crippen molar-refractivity contribution < 1.29 is 31.4 Å². The van der Waals surface area contributed by atoms with Crippen LogP contribution in [0.25, 0.3) is 0 Å². The Morgan fingerprint density at radius 2 is 1.55 bits per heavy atom. The number of rotatable bonds is 3. The molecule has 0 N–H and O–H groups in total. The Morgan fingerprint density at radius 3 is 2.05 bits per heavy atom. The molecule has 22 heavy (non-hydrogen) atoms. The van der Waals surface area contributed by atoms with Gasteiger partial charge in [0.1, 0.15) is 0 Å². The molecule has 8 heteroatoms. The smallest absolute Gasteiger partial charge is 0.416 e. The van der Waals surface area contributed by atoms with Crippen LogP contribution >= 0.6 is 11.6 Å². The van der Waals surface area contributed by atoms with Crippen molar-refractivity contribution in [3.05, 3.63) is 52.6 Å². The number of hydrogen-bond acceptors (Lipinski definition) is 2. The minimum atomic E-state index is -4.87. The Labute approximate surface area is 127 Å². The normalized spacial score (nSPS) is 11.4. The van der Waals surface area contributed by atoms with Crippen molar-refractivity contribution in [1.29, 1.82) is 0 Å². The third-order valence-corrected chi connectivity index (χ3v) is 2.90. The summed E-state index contributed by atoms with van der Waals surface area (Å²) in [4.78, 5) is 0. The fraction of sp³-hybridized carbons (Fsp3) is 0.143. The third kappa shape index (κ3) is 3.41. The molecule has 0 aliphatic rings. The van der Waals surface area contributed by atoms with Crippen molar-refractivity contribution in [2.24, 2.45) is 0 Å². The molecule has 0 amide bonds. The number of hydrogen-bond donors (Lipinski definition) is 0. The molecule has 0 radical (unpaired) electrons. The molecule has 0 heterocycles. The average Bonchev–Trinajstić information content (AvgIpc) is 2.41. The molecule has 2 aromatic rings. The molecule has 0 aromatic heterocycles. The van der Waals surface area contributed by atoms with Crippen LogP contribution in [0.4, 0.5) is 22.0 Å². The SMILES string of the molecule is COc1ccc(Cl)cc1Oc1c(F)cc(C(F)(F)F)cc1F. The molecule has 0 atom stereocenters. The highest BCUT2D eigenvalue weighted by atomic mass is 35.5. The van der Waals surface area contributed by atoms with Gasteiger partial charge in [-0.15, -0.1) is 0 Å². The fourth-order valence-electron chi connectivity index (χ4n) is 1.66. The number of benzene rings is 2. The van der Waals surface area contributed by atoms with Crippen molar-refractivity contribution in [2.45, 2.75) is 6.18 Å². The molecule has 118 valence electrons. The number of halogens is 6. The van der Waals surface area contributed by atoms with Crippen LogP contribution in [-0.2, 0) is 6.18 Å². The first-order valence-electron chi connectivity index (χ1n) is 5.80. The molecular formula is C14H8ClF5O2. The van der Waals surface area contributed by atoms with Gasteiger partial charge in [-0.25, -0.2) is 8.78 Å². The molecule has 2 nitrogen and oxygen atoms in total. The van der Waals surface area contributed by atoms with Gasteiger partial charge in [0, 0.05) is 11.1 Å². The van der Waals surface area contributed by atoms with Gasteiger partial charge in [-0.3, -0.25) is 0 Å². The largest absolute Gasteiger partial charge is 0.493 e. The van der Waals surface area contributed by atoms with Crippen molar-refractivity contribution >= 4 is 11.6 Å². The van der Waals surface area contributed by atoms with E-state index in [2.05, 4.69) is 0 Å². The summed E-state index contributed by atoms with van der Waals surface area (Å²) in [5.74, 6) is -3.98. The van der Waals surface area contributed by atoms with Crippen molar-refractivity contribution in [2.75, 3.05) is 7.11 Å². The molecule has 0 bridgehead atoms. The van der Waals surface area contributed by atoms with Crippen LogP contribution in [0, 0.1) is 11.6 Å². The lowest BCUT2D eigenvalue weighted by Crippen LogP contribution is -2.07. The van der Waals surface area contributed by atoms with E-state index in [0.717, 1.165) is 0 Å². The quantitative estimate of drug-likeness (QED) is 0.694. The molecule has 2 aromatic carbocycles. The molecule has 2 rings (SSSR count). The van der Waals surface area contributed by atoms with Gasteiger partial charge >= 0.3 is 6.18 Å². The summed E-state index contributed by atoms with van der Waals surface area (Å²) in [6.07, 6.45) is -4.87. The second kappa shape index (κ2) is 6.00. The van der Waals surface area contributed by atoms with Crippen LogP contribution in [0.5, 0.6) is 17.2 Å². The first-order valence-corrected chi connectivity index (χ1v) is 6.18. The molecule has 0 aliphatic carbocycles. The summed E-state index contributed by atoms with van der Waals surface area (Å²) in [7, 11) is 1.29. The zero-order valence-electron chi connectivity index (χ0n) is 11.0. The molecule has 0 fully saturated rings. The first kappa shape index (κ1) is 16.4. The number of alkyl halides is 3. The Bertz CT molecular complexity index is 677. The summed E-state index contributed by atoms with van der Waals surface area (Å²) < 4.78 is 74.8. The Hall–Kier alpha value is -2.02. The Morgan fingerprint density at radius 1 is 0.955 bits per heavy atom. The van der Waals surface area contributed by atoms with Crippen molar-refractivity contribution in [1.82, 2.24) is 0 Å². The molecule has 0 saturated carbocycles. The number of methoxy groups -OCH3 is 1. The van der Waals surface area contributed by atoms with Crippen LogP contribution in [0.1, 0.15) is 5.56 Å². The zero-order chi connectivity index (χ0) is 16.5. The van der Waals surface area contributed by atoms with Crippen LogP contribution in [0.3, 0.4) is 0 Å². The van der Waals surface area contributed by atoms with E-state index in [9.17, 15) is 22.0 Å². The van der Waals surface area contributed by atoms with Crippen LogP contribution in [0.2, 0.25) is 5.02 Å². The second-order valence-corrected chi connectivity index (χ2v) is 4.60. The number of ether oxygens (including phenoxy) is 2. The summed E-state index contributed by atoms with van der Waals surface area (Å²) >= 11 is 5.73. The van der Waals surface area contributed by atoms with Crippen LogP contribution < -0.4 is 9.47 Å². The van der Waals surface area contributed by atoms with E-state index in [1.54, 1.807) is 0 Å². The van der Waals surface area contributed by atoms with Gasteiger partial charge in [-0.05, 0) is 24.3 Å². The maximum absolute atomic E-state index is 13.7. The van der Waals surface area contributed by atoms with Gasteiger partial charge in [0.15, 0.2) is 28.9 Å². The minimum absolute atomic E-state index is 0.114. The predicted octanol–water partition coefficient (Wildman–Crippen LogP) is 5.44. The second-order valence-electron chi connectivity index (χ2n) is 4.16. The van der Waals surface area contributed by atoms with Crippen molar-refractivity contribution in [3.8, 4) is 17.2 Å². The van der Waals surface area contributed by atoms with E-state index in [4.69, 9.17) is 21.1 Å². The lowest BCUT2D eigenvalue weighted by atomic mass is 10.2. The van der Waals surface area contributed by atoms with Gasteiger partial charge in [0.25, 0.3) is 0 Å². The van der Waals surface area contributed by atoms with Gasteiger partial charge in [-0.1, -0.05) is 11.6 Å². The highest BCUT2D eigenvalue weighted by molar-refractivity contribution is 6.30. The standard InChI is InChI=1S/C14H8ClF5O2/c1-21-11-3-2-8(15)6-12(11)22-13-9(16)4-7(5-10(13)17)14(18,19)20/h2-6H,1H3. The Kier molecular flexibility index (Phi) is 4.46. The lowest BCUT2D eigenvalue weighted by Gasteiger charge is -2.13. The van der Waals surface area contributed by atoms with Gasteiger partial charge in [0.2, 0.25) is 0 Å². The lowest BCUT2D eigenvalue weighted by molar-refractivity contribution is -0.138. The van der Waals surface area contributed by atoms with Gasteiger partial charge in [0.05, 0.1) is 12.7 Å². The zero-order valence-corrected chi connectivity index (χ0v) is 11.7. The predicted molar refractivity (Wildman–Crippen MR) is 69.4 cm³/mol. The summed E-state index contributed by atoms with van der Waals surface area (Å²) in [6.45, 7) is 0. The van der Waals surface area contributed by atoms with Gasteiger partial charge < -0.3 is 9.47 Å². The maximum Gasteiger partial charge on any atom is 0.416 e. The maximum atomic E-state index is 13.7. The summed E-state index contributed by atoms with van der Waals surface area (Å²) in [5.41, 5.74) is -1.45. The third-order valence-electron chi connectivity index (χ3n) is 2.66. The van der Waals surface area contributed by atoms with E-state index in [1.165, 1.54) is 25.3 Å². The highest BCUT2D eigenvalue weighted by Crippen LogP contribution is 2.38. The first-order chi connectivity index (χ1) is 10.2. The van der Waals surface area contributed by atoms with Crippen molar-refractivity contribution in [3.63, 3.8) is 0 Å². The van der Waals surface area contributed by atoms with E-state index >= 15 is 0 Å². The minimum Gasteiger partial charge on any atom is -0.493 e. The van der Waals surface area contributed by atoms with E-state index < -0.39 is 29.1 Å².